The highest BCUT2D eigenvalue weighted by atomic mass is 16.5. The smallest absolute Gasteiger partial charge is 0.188 e. The van der Waals surface area contributed by atoms with Crippen LogP contribution in [-0.4, -0.2) is 6.61 Å². The number of nitrogens with zero attached hydrogens (tertiary/aromatic N) is 2. The van der Waals surface area contributed by atoms with Crippen LogP contribution >= 0.6 is 0 Å². The minimum atomic E-state index is -0.176. The Morgan fingerprint density at radius 1 is 1.32 bits per heavy atom. The van der Waals surface area contributed by atoms with Crippen LogP contribution in [0.4, 0.5) is 0 Å². The second-order valence-corrected chi connectivity index (χ2v) is 6.11. The van der Waals surface area contributed by atoms with Crippen molar-refractivity contribution in [1.29, 1.82) is 5.26 Å². The van der Waals surface area contributed by atoms with Gasteiger partial charge in [0.15, 0.2) is 12.4 Å². The van der Waals surface area contributed by atoms with E-state index in [9.17, 15) is 5.21 Å². The summed E-state index contributed by atoms with van der Waals surface area (Å²) in [7, 11) is 0. The maximum Gasteiger partial charge on any atom is 0.188 e. The number of hydrogen-bond donors (Lipinski definition) is 0. The van der Waals surface area contributed by atoms with Crippen molar-refractivity contribution >= 4 is 5.57 Å². The third-order valence-corrected chi connectivity index (χ3v) is 3.62. The van der Waals surface area contributed by atoms with Gasteiger partial charge in [0.25, 0.3) is 0 Å². The molecule has 0 saturated carbocycles. The molecule has 3 rings (SSSR count). The van der Waals surface area contributed by atoms with E-state index in [2.05, 4.69) is 26.0 Å². The molecule has 4 nitrogen and oxygen atoms in total. The highest BCUT2D eigenvalue weighted by molar-refractivity contribution is 5.83. The molecular formula is C18H16N2O2. The number of pyridine rings is 1. The monoisotopic (exact) mass is 292 g/mol. The van der Waals surface area contributed by atoms with Crippen molar-refractivity contribution in [2.45, 2.75) is 13.8 Å². The molecule has 4 heteroatoms. The average molecular weight is 292 g/mol. The maximum absolute atomic E-state index is 11.6. The summed E-state index contributed by atoms with van der Waals surface area (Å²) in [4.78, 5) is 0. The van der Waals surface area contributed by atoms with E-state index in [4.69, 9.17) is 10.00 Å². The Hall–Kier alpha value is -2.80. The molecule has 2 heterocycles. The van der Waals surface area contributed by atoms with Crippen molar-refractivity contribution in [3.63, 3.8) is 0 Å². The molecule has 110 valence electrons. The zero-order valence-corrected chi connectivity index (χ0v) is 12.5. The van der Waals surface area contributed by atoms with Gasteiger partial charge in [0.2, 0.25) is 0 Å². The van der Waals surface area contributed by atoms with Crippen LogP contribution in [0.5, 0.6) is 5.75 Å². The Bertz CT molecular complexity index is 801. The molecular weight excluding hydrogens is 276 g/mol. The fraction of sp³-hybridized carbons (Fsp3) is 0.222. The van der Waals surface area contributed by atoms with Gasteiger partial charge in [-0.3, -0.25) is 0 Å². The molecule has 0 radical (unpaired) electrons. The predicted octanol–water partition coefficient (Wildman–Crippen LogP) is 3.04. The van der Waals surface area contributed by atoms with Crippen LogP contribution < -0.4 is 9.47 Å². The first-order valence-corrected chi connectivity index (χ1v) is 7.08. The van der Waals surface area contributed by atoms with Crippen LogP contribution in [0.25, 0.3) is 5.57 Å². The van der Waals surface area contributed by atoms with Crippen LogP contribution in [0, 0.1) is 22.0 Å². The molecule has 0 atom stereocenters. The zero-order chi connectivity index (χ0) is 15.7. The van der Waals surface area contributed by atoms with Gasteiger partial charge in [-0.05, 0) is 29.8 Å². The molecule has 1 aliphatic heterocycles. The van der Waals surface area contributed by atoms with Crippen molar-refractivity contribution in [1.82, 2.24) is 0 Å². The minimum absolute atomic E-state index is 0.176. The summed E-state index contributed by atoms with van der Waals surface area (Å²) in [6.45, 7) is 4.70. The Balaban J connectivity index is 2.25. The molecule has 0 unspecified atom stereocenters. The first kappa shape index (κ1) is 14.2. The summed E-state index contributed by atoms with van der Waals surface area (Å²) in [5.74, 6) is 0.733. The normalized spacial score (nSPS) is 15.8. The molecule has 0 aliphatic carbocycles. The molecule has 0 amide bonds. The van der Waals surface area contributed by atoms with Gasteiger partial charge in [-0.1, -0.05) is 19.9 Å². The quantitative estimate of drug-likeness (QED) is 0.599. The molecule has 0 spiro atoms. The van der Waals surface area contributed by atoms with Gasteiger partial charge in [-0.25, -0.2) is 0 Å². The van der Waals surface area contributed by atoms with Crippen LogP contribution in [0.2, 0.25) is 0 Å². The van der Waals surface area contributed by atoms with Gasteiger partial charge in [0.1, 0.15) is 5.75 Å². The standard InChI is InChI=1S/C18H16N2O2/c1-18(2)9-16(14-4-3-7-20(21)11-14)15-8-13(10-19)5-6-17(15)22-12-18/h3-9,11H,12H2,1-2H3. The third kappa shape index (κ3) is 2.66. The first-order chi connectivity index (χ1) is 10.5. The molecule has 0 saturated heterocycles. The minimum Gasteiger partial charge on any atom is -0.619 e. The molecule has 1 aliphatic rings. The van der Waals surface area contributed by atoms with Crippen LogP contribution in [0.3, 0.4) is 0 Å². The van der Waals surface area contributed by atoms with Crippen molar-refractivity contribution in [2.24, 2.45) is 5.41 Å². The number of benzene rings is 1. The summed E-state index contributed by atoms with van der Waals surface area (Å²) < 4.78 is 6.68. The van der Waals surface area contributed by atoms with E-state index in [-0.39, 0.29) is 5.41 Å². The van der Waals surface area contributed by atoms with E-state index >= 15 is 0 Å². The van der Waals surface area contributed by atoms with E-state index in [1.807, 2.05) is 18.2 Å². The molecule has 1 aromatic heterocycles. The Labute approximate surface area is 129 Å². The molecule has 0 fully saturated rings. The lowest BCUT2D eigenvalue weighted by molar-refractivity contribution is -0.605. The van der Waals surface area contributed by atoms with Crippen molar-refractivity contribution in [3.8, 4) is 11.8 Å². The van der Waals surface area contributed by atoms with Gasteiger partial charge < -0.3 is 9.94 Å². The largest absolute Gasteiger partial charge is 0.619 e. The van der Waals surface area contributed by atoms with Gasteiger partial charge >= 0.3 is 0 Å². The Kier molecular flexibility index (Phi) is 3.34. The number of fused-ring (bicyclic) bond motifs is 1. The topological polar surface area (TPSA) is 60.0 Å². The maximum atomic E-state index is 11.6. The summed E-state index contributed by atoms with van der Waals surface area (Å²) >= 11 is 0. The Morgan fingerprint density at radius 2 is 2.14 bits per heavy atom. The highest BCUT2D eigenvalue weighted by Gasteiger charge is 2.25. The van der Waals surface area contributed by atoms with E-state index in [1.165, 1.54) is 12.4 Å². The molecule has 0 bridgehead atoms. The van der Waals surface area contributed by atoms with Crippen molar-refractivity contribution in [2.75, 3.05) is 6.61 Å². The molecule has 2 aromatic rings. The van der Waals surface area contributed by atoms with Gasteiger partial charge in [0.05, 0.1) is 18.2 Å². The lowest BCUT2D eigenvalue weighted by Crippen LogP contribution is -2.24. The summed E-state index contributed by atoms with van der Waals surface area (Å²) in [6.07, 6.45) is 5.10. The number of rotatable bonds is 1. The Morgan fingerprint density at radius 3 is 2.86 bits per heavy atom. The fourth-order valence-corrected chi connectivity index (χ4v) is 2.56. The summed E-state index contributed by atoms with van der Waals surface area (Å²) in [5.41, 5.74) is 2.96. The second-order valence-electron chi connectivity index (χ2n) is 6.11. The summed E-state index contributed by atoms with van der Waals surface area (Å²) in [6, 6.07) is 11.1. The third-order valence-electron chi connectivity index (χ3n) is 3.62. The van der Waals surface area contributed by atoms with E-state index < -0.39 is 0 Å². The van der Waals surface area contributed by atoms with Crippen LogP contribution in [0.1, 0.15) is 30.5 Å². The van der Waals surface area contributed by atoms with Gasteiger partial charge in [0, 0.05) is 22.6 Å². The zero-order valence-electron chi connectivity index (χ0n) is 12.5. The lowest BCUT2D eigenvalue weighted by Gasteiger charge is -2.18. The molecule has 1 aromatic carbocycles. The number of nitriles is 1. The lowest BCUT2D eigenvalue weighted by atomic mass is 9.88. The fourth-order valence-electron chi connectivity index (χ4n) is 2.56. The molecule has 0 N–H and O–H groups in total. The average Bonchev–Trinajstić information content (AvgIpc) is 2.63. The predicted molar refractivity (Wildman–Crippen MR) is 82.9 cm³/mol. The van der Waals surface area contributed by atoms with Crippen LogP contribution in [-0.2, 0) is 0 Å². The highest BCUT2D eigenvalue weighted by Crippen LogP contribution is 2.38. The summed E-state index contributed by atoms with van der Waals surface area (Å²) in [5, 5.41) is 20.8. The number of ether oxygens (including phenoxy) is 1. The van der Waals surface area contributed by atoms with Gasteiger partial charge in [-0.2, -0.15) is 9.99 Å². The number of hydrogen-bond acceptors (Lipinski definition) is 3. The molecule has 22 heavy (non-hydrogen) atoms. The number of aromatic nitrogens is 1. The van der Waals surface area contributed by atoms with E-state index in [0.717, 1.165) is 27.2 Å². The van der Waals surface area contributed by atoms with Gasteiger partial charge in [-0.15, -0.1) is 0 Å². The van der Waals surface area contributed by atoms with Crippen molar-refractivity contribution in [3.05, 3.63) is 70.7 Å². The van der Waals surface area contributed by atoms with E-state index in [1.54, 1.807) is 12.1 Å². The second kappa shape index (κ2) is 5.19. The van der Waals surface area contributed by atoms with Crippen molar-refractivity contribution < 1.29 is 9.47 Å². The first-order valence-electron chi connectivity index (χ1n) is 7.08. The van der Waals surface area contributed by atoms with E-state index in [0.29, 0.717) is 12.2 Å². The van der Waals surface area contributed by atoms with Crippen LogP contribution in [0.15, 0.2) is 48.8 Å². The SMILES string of the molecule is CC1(C)C=C(c2ccc[n+]([O-])c2)c2cc(C#N)ccc2OC1.